The summed E-state index contributed by atoms with van der Waals surface area (Å²) in [7, 11) is 0. The van der Waals surface area contributed by atoms with Crippen LogP contribution in [0.5, 0.6) is 0 Å². The molecule has 110 valence electrons. The second-order valence-corrected chi connectivity index (χ2v) is 6.40. The fourth-order valence-corrected chi connectivity index (χ4v) is 4.03. The molecule has 2 fully saturated rings. The minimum Gasteiger partial charge on any atom is -0.371 e. The summed E-state index contributed by atoms with van der Waals surface area (Å²) >= 11 is 0. The molecular formula is C18H23N3. The molecule has 2 aliphatic heterocycles. The fourth-order valence-electron chi connectivity index (χ4n) is 4.03. The van der Waals surface area contributed by atoms with Crippen molar-refractivity contribution in [2.24, 2.45) is 5.92 Å². The minimum absolute atomic E-state index is 0.737. The number of nitrogens with zero attached hydrogens (tertiary/aromatic N) is 2. The van der Waals surface area contributed by atoms with Crippen LogP contribution in [0.4, 0.5) is 5.69 Å². The quantitative estimate of drug-likeness (QED) is 0.916. The first kappa shape index (κ1) is 13.1. The second kappa shape index (κ2) is 5.64. The van der Waals surface area contributed by atoms with Gasteiger partial charge in [-0.25, -0.2) is 0 Å². The molecule has 0 saturated carbocycles. The van der Waals surface area contributed by atoms with Crippen LogP contribution in [-0.2, 0) is 0 Å². The Morgan fingerprint density at radius 1 is 1.10 bits per heavy atom. The number of hydrogen-bond donors (Lipinski definition) is 1. The summed E-state index contributed by atoms with van der Waals surface area (Å²) in [4.78, 5) is 7.08. The van der Waals surface area contributed by atoms with Crippen LogP contribution in [-0.4, -0.2) is 30.7 Å². The lowest BCUT2D eigenvalue weighted by molar-refractivity contribution is 0.329. The molecule has 4 rings (SSSR count). The first-order chi connectivity index (χ1) is 10.4. The average Bonchev–Trinajstić information content (AvgIpc) is 3.09. The van der Waals surface area contributed by atoms with Gasteiger partial charge in [0.05, 0.1) is 5.52 Å². The molecule has 0 spiro atoms. The van der Waals surface area contributed by atoms with Gasteiger partial charge in [0.1, 0.15) is 0 Å². The van der Waals surface area contributed by atoms with Gasteiger partial charge in [0.2, 0.25) is 0 Å². The first-order valence-corrected chi connectivity index (χ1v) is 8.24. The Hall–Kier alpha value is -1.61. The van der Waals surface area contributed by atoms with E-state index in [9.17, 15) is 0 Å². The van der Waals surface area contributed by atoms with Crippen molar-refractivity contribution in [3.8, 4) is 0 Å². The second-order valence-electron chi connectivity index (χ2n) is 6.40. The number of hydrogen-bond acceptors (Lipinski definition) is 3. The van der Waals surface area contributed by atoms with Crippen molar-refractivity contribution < 1.29 is 0 Å². The number of pyridine rings is 1. The van der Waals surface area contributed by atoms with E-state index in [-0.39, 0.29) is 0 Å². The highest BCUT2D eigenvalue weighted by molar-refractivity contribution is 5.91. The number of anilines is 1. The summed E-state index contributed by atoms with van der Waals surface area (Å²) in [6.07, 6.45) is 7.33. The van der Waals surface area contributed by atoms with Gasteiger partial charge in [0.15, 0.2) is 0 Å². The zero-order valence-electron chi connectivity index (χ0n) is 12.5. The predicted octanol–water partition coefficient (Wildman–Crippen LogP) is 3.20. The monoisotopic (exact) mass is 281 g/mol. The molecule has 21 heavy (non-hydrogen) atoms. The molecule has 2 saturated heterocycles. The number of para-hydroxylation sites is 1. The van der Waals surface area contributed by atoms with Crippen LogP contribution < -0.4 is 10.2 Å². The van der Waals surface area contributed by atoms with E-state index >= 15 is 0 Å². The molecule has 3 heterocycles. The smallest absolute Gasteiger partial charge is 0.0722 e. The van der Waals surface area contributed by atoms with E-state index in [1.165, 1.54) is 56.4 Å². The number of aromatic nitrogens is 1. The summed E-state index contributed by atoms with van der Waals surface area (Å²) in [5, 5.41) is 4.99. The van der Waals surface area contributed by atoms with Gasteiger partial charge in [-0.05, 0) is 50.3 Å². The van der Waals surface area contributed by atoms with Crippen LogP contribution in [0, 0.1) is 5.92 Å². The third kappa shape index (κ3) is 2.51. The van der Waals surface area contributed by atoms with Crippen molar-refractivity contribution in [3.05, 3.63) is 36.5 Å². The predicted molar refractivity (Wildman–Crippen MR) is 87.7 cm³/mol. The third-order valence-electron chi connectivity index (χ3n) is 5.09. The maximum absolute atomic E-state index is 4.49. The summed E-state index contributed by atoms with van der Waals surface area (Å²) in [6, 6.07) is 11.4. The van der Waals surface area contributed by atoms with Crippen molar-refractivity contribution in [1.82, 2.24) is 10.3 Å². The maximum Gasteiger partial charge on any atom is 0.0722 e. The molecule has 2 aliphatic rings. The highest BCUT2D eigenvalue weighted by Gasteiger charge is 2.29. The van der Waals surface area contributed by atoms with Gasteiger partial charge in [-0.2, -0.15) is 0 Å². The third-order valence-corrected chi connectivity index (χ3v) is 5.09. The van der Waals surface area contributed by atoms with E-state index in [0.717, 1.165) is 17.5 Å². The Bertz CT molecular complexity index is 613. The maximum atomic E-state index is 4.49. The molecule has 2 atom stereocenters. The largest absolute Gasteiger partial charge is 0.371 e. The van der Waals surface area contributed by atoms with Crippen LogP contribution in [0.15, 0.2) is 36.5 Å². The molecule has 0 bridgehead atoms. The van der Waals surface area contributed by atoms with Crippen LogP contribution in [0.2, 0.25) is 0 Å². The fraction of sp³-hybridized carbons (Fsp3) is 0.500. The summed E-state index contributed by atoms with van der Waals surface area (Å²) in [6.45, 7) is 3.57. The Morgan fingerprint density at radius 3 is 2.95 bits per heavy atom. The Balaban J connectivity index is 1.62. The summed E-state index contributed by atoms with van der Waals surface area (Å²) < 4.78 is 0. The van der Waals surface area contributed by atoms with Gasteiger partial charge >= 0.3 is 0 Å². The van der Waals surface area contributed by atoms with Crippen LogP contribution in [0.25, 0.3) is 10.9 Å². The minimum atomic E-state index is 0.737. The molecule has 1 N–H and O–H groups in total. The van der Waals surface area contributed by atoms with Gasteiger partial charge in [-0.3, -0.25) is 4.98 Å². The van der Waals surface area contributed by atoms with E-state index in [1.807, 2.05) is 6.20 Å². The molecule has 2 unspecified atom stereocenters. The molecule has 1 aromatic heterocycles. The lowest BCUT2D eigenvalue weighted by Crippen LogP contribution is -2.43. The van der Waals surface area contributed by atoms with Gasteiger partial charge < -0.3 is 10.2 Å². The molecular weight excluding hydrogens is 258 g/mol. The number of fused-ring (bicyclic) bond motifs is 1. The Kier molecular flexibility index (Phi) is 3.52. The van der Waals surface area contributed by atoms with E-state index in [2.05, 4.69) is 45.5 Å². The summed E-state index contributed by atoms with van der Waals surface area (Å²) in [5.41, 5.74) is 2.47. The molecule has 3 nitrogen and oxygen atoms in total. The SMILES string of the molecule is c1ccc2c(N3CCCC(C4CCCN4)C3)ccnc2c1. The van der Waals surface area contributed by atoms with Crippen molar-refractivity contribution >= 4 is 16.6 Å². The zero-order valence-corrected chi connectivity index (χ0v) is 12.5. The van der Waals surface area contributed by atoms with Crippen LogP contribution >= 0.6 is 0 Å². The van der Waals surface area contributed by atoms with Gasteiger partial charge in [-0.15, -0.1) is 0 Å². The lowest BCUT2D eigenvalue weighted by Gasteiger charge is -2.37. The molecule has 0 aliphatic carbocycles. The van der Waals surface area contributed by atoms with Crippen molar-refractivity contribution in [3.63, 3.8) is 0 Å². The van der Waals surface area contributed by atoms with E-state index in [1.54, 1.807) is 0 Å². The molecule has 0 amide bonds. The van der Waals surface area contributed by atoms with Gasteiger partial charge in [0.25, 0.3) is 0 Å². The molecule has 3 heteroatoms. The summed E-state index contributed by atoms with van der Waals surface area (Å²) in [5.74, 6) is 0.799. The van der Waals surface area contributed by atoms with Gasteiger partial charge in [-0.1, -0.05) is 18.2 Å². The lowest BCUT2D eigenvalue weighted by atomic mass is 9.89. The van der Waals surface area contributed by atoms with E-state index < -0.39 is 0 Å². The average molecular weight is 281 g/mol. The zero-order chi connectivity index (χ0) is 14.1. The first-order valence-electron chi connectivity index (χ1n) is 8.24. The molecule has 0 radical (unpaired) electrons. The number of nitrogens with one attached hydrogen (secondary N) is 1. The van der Waals surface area contributed by atoms with Crippen molar-refractivity contribution in [2.45, 2.75) is 31.7 Å². The number of piperidine rings is 1. The highest BCUT2D eigenvalue weighted by Crippen LogP contribution is 2.31. The van der Waals surface area contributed by atoms with Crippen LogP contribution in [0.1, 0.15) is 25.7 Å². The Labute approximate surface area is 126 Å². The van der Waals surface area contributed by atoms with Crippen molar-refractivity contribution in [2.75, 3.05) is 24.5 Å². The van der Waals surface area contributed by atoms with Gasteiger partial charge in [0, 0.05) is 36.4 Å². The van der Waals surface area contributed by atoms with E-state index in [4.69, 9.17) is 0 Å². The molecule has 1 aromatic carbocycles. The van der Waals surface area contributed by atoms with Crippen molar-refractivity contribution in [1.29, 1.82) is 0 Å². The van der Waals surface area contributed by atoms with Crippen LogP contribution in [0.3, 0.4) is 0 Å². The van der Waals surface area contributed by atoms with E-state index in [0.29, 0.717) is 0 Å². The number of benzene rings is 1. The standard InChI is InChI=1S/C18H23N3/c1-2-7-17-15(6-1)18(9-11-20-17)21-12-4-5-14(13-21)16-8-3-10-19-16/h1-2,6-7,9,11,14,16,19H,3-5,8,10,12-13H2. The normalized spacial score (nSPS) is 26.4. The highest BCUT2D eigenvalue weighted by atomic mass is 15.1. The topological polar surface area (TPSA) is 28.2 Å². The molecule has 2 aromatic rings. The Morgan fingerprint density at radius 2 is 2.05 bits per heavy atom. The number of rotatable bonds is 2.